The van der Waals surface area contributed by atoms with Crippen LogP contribution in [0.15, 0.2) is 82.4 Å². The Morgan fingerprint density at radius 3 is 2.30 bits per heavy atom. The van der Waals surface area contributed by atoms with Gasteiger partial charge in [-0.3, -0.25) is 4.79 Å². The summed E-state index contributed by atoms with van der Waals surface area (Å²) in [5, 5.41) is 3.96. The molecule has 0 aliphatic rings. The number of hydrogen-bond acceptors (Lipinski definition) is 5. The zero-order valence-corrected chi connectivity index (χ0v) is 17.8. The molecule has 3 rings (SSSR count). The van der Waals surface area contributed by atoms with Crippen LogP contribution >= 0.6 is 15.9 Å². The highest BCUT2D eigenvalue weighted by molar-refractivity contribution is 9.10. The zero-order chi connectivity index (χ0) is 21.3. The molecule has 30 heavy (non-hydrogen) atoms. The van der Waals surface area contributed by atoms with Gasteiger partial charge in [0.2, 0.25) is 0 Å². The molecule has 0 heterocycles. The van der Waals surface area contributed by atoms with E-state index < -0.39 is 5.97 Å². The van der Waals surface area contributed by atoms with Gasteiger partial charge in [-0.1, -0.05) is 12.1 Å². The van der Waals surface area contributed by atoms with E-state index in [0.717, 1.165) is 5.56 Å². The minimum atomic E-state index is -0.452. The molecular formula is C23H19BrN2O4. The molecule has 0 spiro atoms. The van der Waals surface area contributed by atoms with Crippen molar-refractivity contribution < 1.29 is 19.1 Å². The Morgan fingerprint density at radius 1 is 0.967 bits per heavy atom. The van der Waals surface area contributed by atoms with Gasteiger partial charge in [-0.2, -0.15) is 5.10 Å². The molecule has 0 aromatic heterocycles. The summed E-state index contributed by atoms with van der Waals surface area (Å²) in [7, 11) is 0. The van der Waals surface area contributed by atoms with Crippen molar-refractivity contribution in [3.8, 4) is 11.5 Å². The third kappa shape index (κ3) is 5.78. The number of hydrazone groups is 1. The molecule has 0 unspecified atom stereocenters. The Hall–Kier alpha value is -3.45. The number of benzene rings is 3. The van der Waals surface area contributed by atoms with E-state index in [4.69, 9.17) is 9.47 Å². The van der Waals surface area contributed by atoms with E-state index in [1.807, 2.05) is 13.0 Å². The lowest BCUT2D eigenvalue weighted by Gasteiger charge is -2.06. The average molecular weight is 467 g/mol. The number of halogens is 1. The molecule has 0 atom stereocenters. The Bertz CT molecular complexity index is 1050. The van der Waals surface area contributed by atoms with E-state index in [1.165, 1.54) is 6.21 Å². The lowest BCUT2D eigenvalue weighted by Crippen LogP contribution is -2.17. The number of nitrogens with zero attached hydrogens (tertiary/aromatic N) is 1. The summed E-state index contributed by atoms with van der Waals surface area (Å²) in [6, 6.07) is 20.6. The first-order valence-corrected chi connectivity index (χ1v) is 9.99. The van der Waals surface area contributed by atoms with Gasteiger partial charge in [0.15, 0.2) is 0 Å². The number of rotatable bonds is 7. The van der Waals surface area contributed by atoms with Crippen molar-refractivity contribution in [3.05, 3.63) is 94.0 Å². The number of amides is 1. The van der Waals surface area contributed by atoms with Crippen molar-refractivity contribution in [1.82, 2.24) is 5.43 Å². The second kappa shape index (κ2) is 10.4. The number of carbonyl (C=O) groups excluding carboxylic acids is 2. The molecule has 0 bridgehead atoms. The van der Waals surface area contributed by atoms with Crippen LogP contribution in [0.25, 0.3) is 0 Å². The van der Waals surface area contributed by atoms with Crippen LogP contribution in [0.5, 0.6) is 11.5 Å². The van der Waals surface area contributed by atoms with Crippen LogP contribution in [0.1, 0.15) is 33.2 Å². The van der Waals surface area contributed by atoms with E-state index in [-0.39, 0.29) is 5.91 Å². The summed E-state index contributed by atoms with van der Waals surface area (Å²) in [6.07, 6.45) is 1.51. The monoisotopic (exact) mass is 466 g/mol. The highest BCUT2D eigenvalue weighted by Crippen LogP contribution is 2.19. The second-order valence-corrected chi connectivity index (χ2v) is 6.95. The van der Waals surface area contributed by atoms with Crippen LogP contribution in [0.3, 0.4) is 0 Å². The van der Waals surface area contributed by atoms with Crippen molar-refractivity contribution in [3.63, 3.8) is 0 Å². The zero-order valence-electron chi connectivity index (χ0n) is 16.2. The smallest absolute Gasteiger partial charge is 0.344 e. The van der Waals surface area contributed by atoms with Crippen molar-refractivity contribution in [1.29, 1.82) is 0 Å². The predicted molar refractivity (Wildman–Crippen MR) is 118 cm³/mol. The molecule has 1 N–H and O–H groups in total. The first-order chi connectivity index (χ1) is 14.6. The molecule has 0 fully saturated rings. The molecule has 3 aromatic rings. The van der Waals surface area contributed by atoms with Crippen LogP contribution in [-0.2, 0) is 0 Å². The molecule has 1 amide bonds. The maximum absolute atomic E-state index is 12.2. The van der Waals surface area contributed by atoms with Gasteiger partial charge < -0.3 is 9.47 Å². The Morgan fingerprint density at radius 2 is 1.63 bits per heavy atom. The molecule has 0 aliphatic carbocycles. The molecule has 152 valence electrons. The maximum atomic E-state index is 12.2. The molecule has 0 saturated carbocycles. The quantitative estimate of drug-likeness (QED) is 0.234. The van der Waals surface area contributed by atoms with E-state index >= 15 is 0 Å². The van der Waals surface area contributed by atoms with Gasteiger partial charge in [-0.05, 0) is 89.1 Å². The fourth-order valence-corrected chi connectivity index (χ4v) is 2.96. The van der Waals surface area contributed by atoms with Gasteiger partial charge >= 0.3 is 5.97 Å². The number of esters is 1. The van der Waals surface area contributed by atoms with Gasteiger partial charge in [0, 0.05) is 10.0 Å². The van der Waals surface area contributed by atoms with Crippen molar-refractivity contribution in [2.75, 3.05) is 6.61 Å². The van der Waals surface area contributed by atoms with Crippen molar-refractivity contribution in [2.24, 2.45) is 5.10 Å². The highest BCUT2D eigenvalue weighted by Gasteiger charge is 2.11. The fourth-order valence-electron chi connectivity index (χ4n) is 2.51. The third-order valence-electron chi connectivity index (χ3n) is 3.99. The fraction of sp³-hybridized carbons (Fsp3) is 0.0870. The number of hydrogen-bond donors (Lipinski definition) is 1. The molecule has 3 aromatic carbocycles. The summed E-state index contributed by atoms with van der Waals surface area (Å²) >= 11 is 3.33. The van der Waals surface area contributed by atoms with Crippen LogP contribution in [0.2, 0.25) is 0 Å². The summed E-state index contributed by atoms with van der Waals surface area (Å²) in [5.74, 6) is 0.337. The molecule has 0 aliphatic heterocycles. The first-order valence-electron chi connectivity index (χ1n) is 9.20. The Labute approximate surface area is 182 Å². The molecule has 0 saturated heterocycles. The van der Waals surface area contributed by atoms with Crippen LogP contribution < -0.4 is 14.9 Å². The average Bonchev–Trinajstić information content (AvgIpc) is 2.76. The largest absolute Gasteiger partial charge is 0.494 e. The molecular weight excluding hydrogens is 448 g/mol. The topological polar surface area (TPSA) is 77.0 Å². The van der Waals surface area contributed by atoms with Gasteiger partial charge in [0.05, 0.1) is 18.4 Å². The van der Waals surface area contributed by atoms with E-state index in [2.05, 4.69) is 26.5 Å². The van der Waals surface area contributed by atoms with Gasteiger partial charge in [0.25, 0.3) is 5.91 Å². The normalized spacial score (nSPS) is 10.6. The third-order valence-corrected chi connectivity index (χ3v) is 4.68. The van der Waals surface area contributed by atoms with E-state index in [9.17, 15) is 9.59 Å². The predicted octanol–water partition coefficient (Wildman–Crippen LogP) is 4.83. The van der Waals surface area contributed by atoms with Crippen LogP contribution in [-0.4, -0.2) is 24.7 Å². The molecule has 6 nitrogen and oxygen atoms in total. The Kier molecular flexibility index (Phi) is 7.34. The van der Waals surface area contributed by atoms with E-state index in [0.29, 0.717) is 33.7 Å². The van der Waals surface area contributed by atoms with Crippen molar-refractivity contribution in [2.45, 2.75) is 6.92 Å². The SMILES string of the molecule is CCOc1ccc(C(=O)N/N=C\c2ccc(OC(=O)c3ccccc3Br)cc2)cc1. The van der Waals surface area contributed by atoms with Gasteiger partial charge in [0.1, 0.15) is 11.5 Å². The second-order valence-electron chi connectivity index (χ2n) is 6.09. The molecule has 7 heteroatoms. The lowest BCUT2D eigenvalue weighted by molar-refractivity contribution is 0.0733. The Balaban J connectivity index is 1.54. The van der Waals surface area contributed by atoms with Gasteiger partial charge in [-0.15, -0.1) is 0 Å². The number of ether oxygens (including phenoxy) is 2. The summed E-state index contributed by atoms with van der Waals surface area (Å²) < 4.78 is 11.4. The van der Waals surface area contributed by atoms with Crippen LogP contribution in [0.4, 0.5) is 0 Å². The maximum Gasteiger partial charge on any atom is 0.344 e. The summed E-state index contributed by atoms with van der Waals surface area (Å²) in [5.41, 5.74) is 4.13. The summed E-state index contributed by atoms with van der Waals surface area (Å²) in [6.45, 7) is 2.46. The highest BCUT2D eigenvalue weighted by atomic mass is 79.9. The first kappa shape index (κ1) is 21.3. The standard InChI is InChI=1S/C23H19BrN2O4/c1-2-29-18-13-9-17(10-14-18)22(27)26-25-15-16-7-11-19(12-8-16)30-23(28)20-5-3-4-6-21(20)24/h3-15H,2H2,1H3,(H,26,27)/b25-15-. The van der Waals surface area contributed by atoms with Gasteiger partial charge in [-0.25, -0.2) is 10.2 Å². The number of carbonyl (C=O) groups is 2. The minimum absolute atomic E-state index is 0.326. The van der Waals surface area contributed by atoms with E-state index in [1.54, 1.807) is 66.7 Å². The number of nitrogens with one attached hydrogen (secondary N) is 1. The minimum Gasteiger partial charge on any atom is -0.494 e. The molecule has 0 radical (unpaired) electrons. The lowest BCUT2D eigenvalue weighted by atomic mass is 10.2. The van der Waals surface area contributed by atoms with Crippen LogP contribution in [0, 0.1) is 0 Å². The summed E-state index contributed by atoms with van der Waals surface area (Å²) in [4.78, 5) is 24.3. The van der Waals surface area contributed by atoms with Crippen molar-refractivity contribution >= 4 is 34.0 Å².